The summed E-state index contributed by atoms with van der Waals surface area (Å²) in [7, 11) is 0. The van der Waals surface area contributed by atoms with Crippen LogP contribution in [-0.2, 0) is 4.79 Å². The highest BCUT2D eigenvalue weighted by Crippen LogP contribution is 2.31. The molecule has 1 saturated carbocycles. The molecule has 29 heavy (non-hydrogen) atoms. The van der Waals surface area contributed by atoms with Gasteiger partial charge in [-0.2, -0.15) is 0 Å². The Bertz CT molecular complexity index is 926. The molecule has 1 aliphatic carbocycles. The summed E-state index contributed by atoms with van der Waals surface area (Å²) < 4.78 is 1.75. The maximum Gasteiger partial charge on any atom is 0.262 e. The molecule has 5 nitrogen and oxygen atoms in total. The highest BCUT2D eigenvalue weighted by atomic mass is 32.2. The zero-order valence-corrected chi connectivity index (χ0v) is 19.0. The summed E-state index contributed by atoms with van der Waals surface area (Å²) in [5, 5.41) is 4.19. The van der Waals surface area contributed by atoms with Gasteiger partial charge in [-0.25, -0.2) is 4.98 Å². The van der Waals surface area contributed by atoms with Gasteiger partial charge in [0.1, 0.15) is 0 Å². The van der Waals surface area contributed by atoms with Gasteiger partial charge in [0.15, 0.2) is 5.16 Å². The van der Waals surface area contributed by atoms with Crippen LogP contribution >= 0.6 is 11.8 Å². The third kappa shape index (κ3) is 4.68. The molecular formula is C23H33N3O2S. The summed E-state index contributed by atoms with van der Waals surface area (Å²) >= 11 is 1.38. The summed E-state index contributed by atoms with van der Waals surface area (Å²) in [5.74, 6) is 1.15. The van der Waals surface area contributed by atoms with Crippen LogP contribution in [0.3, 0.4) is 0 Å². The largest absolute Gasteiger partial charge is 0.352 e. The number of para-hydroxylation sites is 1. The fourth-order valence-electron chi connectivity index (χ4n) is 4.08. The van der Waals surface area contributed by atoms with Gasteiger partial charge in [0.25, 0.3) is 5.56 Å². The Morgan fingerprint density at radius 2 is 2.00 bits per heavy atom. The molecule has 1 amide bonds. The molecule has 2 aromatic rings. The summed E-state index contributed by atoms with van der Waals surface area (Å²) in [6, 6.07) is 7.68. The van der Waals surface area contributed by atoms with E-state index in [-0.39, 0.29) is 28.8 Å². The Balaban J connectivity index is 1.84. The summed E-state index contributed by atoms with van der Waals surface area (Å²) in [4.78, 5) is 30.8. The lowest BCUT2D eigenvalue weighted by Gasteiger charge is -2.35. The lowest BCUT2D eigenvalue weighted by Crippen LogP contribution is -2.46. The minimum Gasteiger partial charge on any atom is -0.352 e. The molecule has 1 N–H and O–H groups in total. The number of amides is 1. The maximum atomic E-state index is 13.1. The van der Waals surface area contributed by atoms with Crippen molar-refractivity contribution in [2.45, 2.75) is 82.8 Å². The fraction of sp³-hybridized carbons (Fsp3) is 0.609. The van der Waals surface area contributed by atoms with Gasteiger partial charge in [-0.15, -0.1) is 0 Å². The van der Waals surface area contributed by atoms with Crippen molar-refractivity contribution in [3.05, 3.63) is 34.6 Å². The molecule has 158 valence electrons. The predicted molar refractivity (Wildman–Crippen MR) is 120 cm³/mol. The monoisotopic (exact) mass is 415 g/mol. The average molecular weight is 416 g/mol. The second kappa shape index (κ2) is 9.33. The van der Waals surface area contributed by atoms with Crippen molar-refractivity contribution in [3.63, 3.8) is 0 Å². The number of nitrogens with zero attached hydrogens (tertiary/aromatic N) is 2. The van der Waals surface area contributed by atoms with E-state index in [4.69, 9.17) is 4.98 Å². The minimum atomic E-state index is -0.317. The molecule has 0 spiro atoms. The highest BCUT2D eigenvalue weighted by molar-refractivity contribution is 8.00. The van der Waals surface area contributed by atoms with E-state index in [0.29, 0.717) is 27.9 Å². The van der Waals surface area contributed by atoms with E-state index in [2.05, 4.69) is 26.1 Å². The highest BCUT2D eigenvalue weighted by Gasteiger charge is 2.30. The minimum absolute atomic E-state index is 0.0246. The number of nitrogens with one attached hydrogen (secondary N) is 1. The van der Waals surface area contributed by atoms with E-state index in [1.165, 1.54) is 18.2 Å². The van der Waals surface area contributed by atoms with Crippen molar-refractivity contribution >= 4 is 28.6 Å². The number of benzene rings is 1. The van der Waals surface area contributed by atoms with Crippen LogP contribution in [0.2, 0.25) is 0 Å². The van der Waals surface area contributed by atoms with E-state index < -0.39 is 0 Å². The van der Waals surface area contributed by atoms with Gasteiger partial charge < -0.3 is 5.32 Å². The Labute approximate surface area is 177 Å². The Morgan fingerprint density at radius 3 is 2.72 bits per heavy atom. The zero-order chi connectivity index (χ0) is 21.1. The number of hydrogen-bond donors (Lipinski definition) is 1. The van der Waals surface area contributed by atoms with Crippen LogP contribution in [-0.4, -0.2) is 26.8 Å². The number of rotatable bonds is 6. The third-order valence-corrected chi connectivity index (χ3v) is 7.56. The molecule has 0 saturated heterocycles. The van der Waals surface area contributed by atoms with Crippen molar-refractivity contribution in [2.75, 3.05) is 0 Å². The molecule has 0 bridgehead atoms. The van der Waals surface area contributed by atoms with Crippen LogP contribution < -0.4 is 10.9 Å². The first-order valence-corrected chi connectivity index (χ1v) is 11.7. The van der Waals surface area contributed by atoms with E-state index >= 15 is 0 Å². The van der Waals surface area contributed by atoms with E-state index in [9.17, 15) is 9.59 Å². The molecule has 5 atom stereocenters. The molecule has 1 aromatic carbocycles. The normalized spacial score (nSPS) is 24.2. The van der Waals surface area contributed by atoms with Crippen LogP contribution in [0.4, 0.5) is 0 Å². The molecule has 0 aliphatic heterocycles. The standard InChI is InChI=1S/C23H33N3O2S/c1-6-15(3)26-22(28)18-11-7-8-12-20(18)25-23(26)29-17(5)21(27)24-19-13-9-10-14(2)16(19)4/h7-8,11-12,14-17,19H,6,9-10,13H2,1-5H3,(H,24,27)/t14-,15-,16-,17-,19+/m0/s1. The van der Waals surface area contributed by atoms with E-state index in [0.717, 1.165) is 19.3 Å². The number of hydrogen-bond acceptors (Lipinski definition) is 4. The van der Waals surface area contributed by atoms with Crippen LogP contribution in [0.25, 0.3) is 10.9 Å². The molecule has 6 heteroatoms. The molecule has 1 heterocycles. The molecule has 1 aromatic heterocycles. The summed E-state index contributed by atoms with van der Waals surface area (Å²) in [6.07, 6.45) is 4.27. The maximum absolute atomic E-state index is 13.1. The van der Waals surface area contributed by atoms with Gasteiger partial charge >= 0.3 is 0 Å². The zero-order valence-electron chi connectivity index (χ0n) is 18.1. The number of fused-ring (bicyclic) bond motifs is 1. The fourth-order valence-corrected chi connectivity index (χ4v) is 5.10. The average Bonchev–Trinajstić information content (AvgIpc) is 2.71. The quantitative estimate of drug-likeness (QED) is 0.544. The van der Waals surface area contributed by atoms with Crippen molar-refractivity contribution < 1.29 is 4.79 Å². The number of thioether (sulfide) groups is 1. The molecule has 0 unspecified atom stereocenters. The SMILES string of the molecule is CC[C@H](C)n1c(S[C@@H](C)C(=O)N[C@@H]2CCC[C@H](C)[C@@H]2C)nc2ccccc2c1=O. The lowest BCUT2D eigenvalue weighted by molar-refractivity contribution is -0.121. The first-order chi connectivity index (χ1) is 13.8. The van der Waals surface area contributed by atoms with Crippen molar-refractivity contribution in [1.82, 2.24) is 14.9 Å². The Morgan fingerprint density at radius 1 is 1.28 bits per heavy atom. The van der Waals surface area contributed by atoms with Crippen molar-refractivity contribution in [3.8, 4) is 0 Å². The molecular weight excluding hydrogens is 382 g/mol. The lowest BCUT2D eigenvalue weighted by atomic mass is 9.78. The Kier molecular flexibility index (Phi) is 7.04. The number of carbonyl (C=O) groups excluding carboxylic acids is 1. The smallest absolute Gasteiger partial charge is 0.262 e. The molecule has 1 aliphatic rings. The van der Waals surface area contributed by atoms with Crippen LogP contribution in [0, 0.1) is 11.8 Å². The van der Waals surface area contributed by atoms with Gasteiger partial charge in [0.2, 0.25) is 5.91 Å². The number of carbonyl (C=O) groups is 1. The second-order valence-electron chi connectivity index (χ2n) is 8.49. The first kappa shape index (κ1) is 21.9. The first-order valence-electron chi connectivity index (χ1n) is 10.8. The van der Waals surface area contributed by atoms with Crippen molar-refractivity contribution in [1.29, 1.82) is 0 Å². The summed E-state index contributed by atoms with van der Waals surface area (Å²) in [5.41, 5.74) is 0.650. The van der Waals surface area contributed by atoms with E-state index in [1.807, 2.05) is 38.1 Å². The van der Waals surface area contributed by atoms with Gasteiger partial charge in [0.05, 0.1) is 16.2 Å². The van der Waals surface area contributed by atoms with Crippen molar-refractivity contribution in [2.24, 2.45) is 11.8 Å². The molecule has 1 fully saturated rings. The predicted octanol–water partition coefficient (Wildman–Crippen LogP) is 4.79. The topological polar surface area (TPSA) is 64.0 Å². The van der Waals surface area contributed by atoms with Gasteiger partial charge in [-0.05, 0) is 50.7 Å². The van der Waals surface area contributed by atoms with Crippen LogP contribution in [0.1, 0.15) is 66.3 Å². The number of aromatic nitrogens is 2. The van der Waals surface area contributed by atoms with Crippen LogP contribution in [0.15, 0.2) is 34.2 Å². The van der Waals surface area contributed by atoms with Gasteiger partial charge in [0, 0.05) is 12.1 Å². The third-order valence-electron chi connectivity index (χ3n) is 6.49. The summed E-state index contributed by atoms with van der Waals surface area (Å²) in [6.45, 7) is 10.5. The second-order valence-corrected chi connectivity index (χ2v) is 9.79. The molecule has 0 radical (unpaired) electrons. The van der Waals surface area contributed by atoms with Gasteiger partial charge in [-0.3, -0.25) is 14.2 Å². The Hall–Kier alpha value is -1.82. The van der Waals surface area contributed by atoms with Crippen LogP contribution in [0.5, 0.6) is 0 Å². The van der Waals surface area contributed by atoms with E-state index in [1.54, 1.807) is 4.57 Å². The molecule has 3 rings (SSSR count). The van der Waals surface area contributed by atoms with Gasteiger partial charge in [-0.1, -0.05) is 57.5 Å².